The summed E-state index contributed by atoms with van der Waals surface area (Å²) in [4.78, 5) is 14.2. The van der Waals surface area contributed by atoms with Crippen LogP contribution in [0.4, 0.5) is 27.6 Å². The molecule has 176 valence electrons. The number of ether oxygens (including phenoxy) is 1. The highest BCUT2D eigenvalue weighted by molar-refractivity contribution is 5.91. The molecule has 3 N–H and O–H groups in total. The van der Waals surface area contributed by atoms with E-state index in [-0.39, 0.29) is 28.1 Å². The minimum atomic E-state index is -5.04. The van der Waals surface area contributed by atoms with Crippen molar-refractivity contribution in [3.8, 4) is 5.75 Å². The van der Waals surface area contributed by atoms with Crippen molar-refractivity contribution < 1.29 is 31.8 Å². The van der Waals surface area contributed by atoms with Gasteiger partial charge < -0.3 is 20.1 Å². The largest absolute Gasteiger partial charge is 0.435 e. The van der Waals surface area contributed by atoms with Crippen LogP contribution in [0.15, 0.2) is 53.3 Å². The SMILES string of the molecule is CC1(C)CC(O)(C(F)(F)F)C(Nc2cccc3[nH]c(=O)ccc23)c2cccc(OC(F)F)c21. The van der Waals surface area contributed by atoms with Crippen LogP contribution in [-0.2, 0) is 5.41 Å². The summed E-state index contributed by atoms with van der Waals surface area (Å²) < 4.78 is 73.6. The number of benzene rings is 2. The van der Waals surface area contributed by atoms with Crippen molar-refractivity contribution in [3.63, 3.8) is 0 Å². The molecule has 0 aliphatic heterocycles. The van der Waals surface area contributed by atoms with Crippen LogP contribution in [0.3, 0.4) is 0 Å². The second-order valence-electron chi connectivity index (χ2n) is 8.75. The van der Waals surface area contributed by atoms with Crippen molar-refractivity contribution >= 4 is 16.6 Å². The van der Waals surface area contributed by atoms with Crippen LogP contribution in [0.2, 0.25) is 0 Å². The van der Waals surface area contributed by atoms with Crippen molar-refractivity contribution in [1.82, 2.24) is 4.98 Å². The lowest BCUT2D eigenvalue weighted by atomic mass is 9.63. The quantitative estimate of drug-likeness (QED) is 0.457. The molecule has 4 rings (SSSR count). The molecular formula is C23H21F5N2O3. The number of hydrogen-bond acceptors (Lipinski definition) is 4. The maximum atomic E-state index is 14.3. The molecule has 1 aliphatic carbocycles. The first kappa shape index (κ1) is 23.0. The molecular weight excluding hydrogens is 447 g/mol. The number of halogens is 5. The number of nitrogens with one attached hydrogen (secondary N) is 2. The standard InChI is InChI=1S/C23H21F5N2O3/c1-21(2)11-22(32,23(26,27)28)19(13-5-3-8-16(18(13)21)33-20(24)25)30-15-7-4-6-14-12(15)9-10-17(31)29-14/h3-10,19-20,30,32H,11H2,1-2H3,(H,29,31). The van der Waals surface area contributed by atoms with E-state index in [4.69, 9.17) is 0 Å². The zero-order chi connectivity index (χ0) is 24.2. The molecule has 0 fully saturated rings. The third kappa shape index (κ3) is 3.92. The number of hydrogen-bond donors (Lipinski definition) is 3. The van der Waals surface area contributed by atoms with Gasteiger partial charge in [0.15, 0.2) is 5.60 Å². The molecule has 1 aromatic heterocycles. The van der Waals surface area contributed by atoms with E-state index < -0.39 is 36.3 Å². The summed E-state index contributed by atoms with van der Waals surface area (Å²) >= 11 is 0. The number of aliphatic hydroxyl groups is 1. The first-order valence-corrected chi connectivity index (χ1v) is 10.1. The summed E-state index contributed by atoms with van der Waals surface area (Å²) in [5, 5.41) is 14.3. The average Bonchev–Trinajstić information content (AvgIpc) is 2.69. The molecule has 1 heterocycles. The van der Waals surface area contributed by atoms with E-state index in [1.54, 1.807) is 6.07 Å². The predicted molar refractivity (Wildman–Crippen MR) is 113 cm³/mol. The Kier molecular flexibility index (Phi) is 5.39. The van der Waals surface area contributed by atoms with E-state index in [0.29, 0.717) is 10.9 Å². The molecule has 0 bridgehead atoms. The Hall–Kier alpha value is -3.14. The lowest BCUT2D eigenvalue weighted by Crippen LogP contribution is -2.58. The number of rotatable bonds is 4. The van der Waals surface area contributed by atoms with Gasteiger partial charge in [0.25, 0.3) is 0 Å². The number of H-pyrrole nitrogens is 1. The Labute approximate surface area is 185 Å². The lowest BCUT2D eigenvalue weighted by Gasteiger charge is -2.49. The second-order valence-corrected chi connectivity index (χ2v) is 8.75. The Morgan fingerprint density at radius 3 is 2.48 bits per heavy atom. The topological polar surface area (TPSA) is 74.4 Å². The van der Waals surface area contributed by atoms with Crippen molar-refractivity contribution in [2.45, 2.75) is 50.1 Å². The van der Waals surface area contributed by atoms with E-state index in [9.17, 15) is 31.9 Å². The second kappa shape index (κ2) is 7.72. The van der Waals surface area contributed by atoms with Gasteiger partial charge in [-0.05, 0) is 41.7 Å². The van der Waals surface area contributed by atoms with Gasteiger partial charge in [-0.25, -0.2) is 0 Å². The highest BCUT2D eigenvalue weighted by Gasteiger charge is 2.64. The van der Waals surface area contributed by atoms with Crippen LogP contribution in [0, 0.1) is 0 Å². The molecule has 10 heteroatoms. The zero-order valence-electron chi connectivity index (χ0n) is 17.6. The maximum Gasteiger partial charge on any atom is 0.419 e. The Balaban J connectivity index is 1.94. The van der Waals surface area contributed by atoms with Gasteiger partial charge in [-0.15, -0.1) is 0 Å². The smallest absolute Gasteiger partial charge is 0.419 e. The zero-order valence-corrected chi connectivity index (χ0v) is 17.6. The maximum absolute atomic E-state index is 14.3. The third-order valence-corrected chi connectivity index (χ3v) is 6.01. The lowest BCUT2D eigenvalue weighted by molar-refractivity contribution is -0.276. The van der Waals surface area contributed by atoms with Crippen LogP contribution in [0.25, 0.3) is 10.9 Å². The van der Waals surface area contributed by atoms with Gasteiger partial charge in [-0.2, -0.15) is 22.0 Å². The molecule has 0 spiro atoms. The normalized spacial score (nSPS) is 22.3. The number of fused-ring (bicyclic) bond motifs is 2. The molecule has 5 nitrogen and oxygen atoms in total. The highest BCUT2D eigenvalue weighted by Crippen LogP contribution is 2.56. The molecule has 3 aromatic rings. The summed E-state index contributed by atoms with van der Waals surface area (Å²) in [5.41, 5.74) is -4.19. The van der Waals surface area contributed by atoms with Gasteiger partial charge in [0.1, 0.15) is 5.75 Å². The van der Waals surface area contributed by atoms with Crippen molar-refractivity contribution in [3.05, 3.63) is 70.0 Å². The van der Waals surface area contributed by atoms with Crippen LogP contribution < -0.4 is 15.6 Å². The van der Waals surface area contributed by atoms with Crippen molar-refractivity contribution in [2.75, 3.05) is 5.32 Å². The Morgan fingerprint density at radius 1 is 1.12 bits per heavy atom. The molecule has 33 heavy (non-hydrogen) atoms. The number of aromatic nitrogens is 1. The first-order valence-electron chi connectivity index (χ1n) is 10.1. The molecule has 2 unspecified atom stereocenters. The van der Waals surface area contributed by atoms with Crippen LogP contribution in [0.1, 0.15) is 37.4 Å². The molecule has 0 radical (unpaired) electrons. The van der Waals surface area contributed by atoms with E-state index in [0.717, 1.165) is 0 Å². The van der Waals surface area contributed by atoms with Crippen LogP contribution in [0.5, 0.6) is 5.75 Å². The fraction of sp³-hybridized carbons (Fsp3) is 0.348. The Morgan fingerprint density at radius 2 is 1.82 bits per heavy atom. The summed E-state index contributed by atoms with van der Waals surface area (Å²) in [6.45, 7) is -0.281. The summed E-state index contributed by atoms with van der Waals surface area (Å²) in [5.74, 6) is -0.245. The predicted octanol–water partition coefficient (Wildman–Crippen LogP) is 5.26. The van der Waals surface area contributed by atoms with Crippen molar-refractivity contribution in [2.24, 2.45) is 0 Å². The van der Waals surface area contributed by atoms with E-state index in [2.05, 4.69) is 15.0 Å². The number of alkyl halides is 5. The molecule has 1 aliphatic rings. The summed E-state index contributed by atoms with van der Waals surface area (Å²) in [6.07, 6.45) is -5.84. The van der Waals surface area contributed by atoms with E-state index >= 15 is 0 Å². The Bertz CT molecular complexity index is 1250. The summed E-state index contributed by atoms with van der Waals surface area (Å²) in [6, 6.07) is 9.52. The van der Waals surface area contributed by atoms with Crippen LogP contribution >= 0.6 is 0 Å². The fourth-order valence-electron chi connectivity index (χ4n) is 4.76. The number of aromatic amines is 1. The van der Waals surface area contributed by atoms with Gasteiger partial charge in [-0.3, -0.25) is 4.79 Å². The fourth-order valence-corrected chi connectivity index (χ4v) is 4.76. The minimum absolute atomic E-state index is 0.00865. The highest BCUT2D eigenvalue weighted by atomic mass is 19.4. The van der Waals surface area contributed by atoms with Crippen LogP contribution in [-0.4, -0.2) is 28.5 Å². The molecule has 2 aromatic carbocycles. The van der Waals surface area contributed by atoms with Crippen molar-refractivity contribution in [1.29, 1.82) is 0 Å². The third-order valence-electron chi connectivity index (χ3n) is 6.01. The number of pyridine rings is 1. The van der Waals surface area contributed by atoms with Gasteiger partial charge in [0.2, 0.25) is 5.56 Å². The van der Waals surface area contributed by atoms with Gasteiger partial charge in [-0.1, -0.05) is 32.0 Å². The monoisotopic (exact) mass is 468 g/mol. The van der Waals surface area contributed by atoms with Gasteiger partial charge in [0, 0.05) is 22.7 Å². The van der Waals surface area contributed by atoms with E-state index in [1.165, 1.54) is 56.3 Å². The molecule has 0 saturated heterocycles. The average molecular weight is 468 g/mol. The van der Waals surface area contributed by atoms with Gasteiger partial charge in [0.05, 0.1) is 11.6 Å². The molecule has 0 amide bonds. The molecule has 2 atom stereocenters. The van der Waals surface area contributed by atoms with Gasteiger partial charge >= 0.3 is 12.8 Å². The molecule has 0 saturated carbocycles. The number of anilines is 1. The minimum Gasteiger partial charge on any atom is -0.435 e. The van der Waals surface area contributed by atoms with E-state index in [1.807, 2.05) is 0 Å². The summed E-state index contributed by atoms with van der Waals surface area (Å²) in [7, 11) is 0. The first-order chi connectivity index (χ1) is 15.3.